The lowest BCUT2D eigenvalue weighted by Gasteiger charge is -2.25. The Labute approximate surface area is 146 Å². The van der Waals surface area contributed by atoms with Gasteiger partial charge in [0.25, 0.3) is 0 Å². The summed E-state index contributed by atoms with van der Waals surface area (Å²) < 4.78 is 51.5. The third-order valence-corrected chi connectivity index (χ3v) is 4.09. The molecule has 3 rings (SSSR count). The molecule has 2 amide bonds. The van der Waals surface area contributed by atoms with Crippen LogP contribution < -0.4 is 10.6 Å². The number of rotatable bonds is 3. The summed E-state index contributed by atoms with van der Waals surface area (Å²) in [6.07, 6.45) is -4.59. The standard InChI is InChI=1S/C18H14F4N2O2/c19-12-4-5-13-14(8-16(25)24-15(13)7-12)17(26)23-9-10-2-1-3-11(6-10)18(20,21)22/h1-7,14H,8-9H2,(H,23,26)(H,24,25). The van der Waals surface area contributed by atoms with Crippen molar-refractivity contribution in [1.82, 2.24) is 5.32 Å². The zero-order valence-electron chi connectivity index (χ0n) is 13.4. The molecule has 0 saturated heterocycles. The smallest absolute Gasteiger partial charge is 0.351 e. The lowest BCUT2D eigenvalue weighted by molar-refractivity contribution is -0.137. The monoisotopic (exact) mass is 366 g/mol. The Kier molecular flexibility index (Phi) is 4.67. The van der Waals surface area contributed by atoms with E-state index in [-0.39, 0.29) is 24.2 Å². The Hall–Kier alpha value is -2.90. The van der Waals surface area contributed by atoms with Crippen LogP contribution in [0.25, 0.3) is 0 Å². The second-order valence-corrected chi connectivity index (χ2v) is 5.95. The maximum Gasteiger partial charge on any atom is 0.416 e. The minimum Gasteiger partial charge on any atom is -0.351 e. The van der Waals surface area contributed by atoms with Gasteiger partial charge in [0.1, 0.15) is 5.82 Å². The Balaban J connectivity index is 1.74. The van der Waals surface area contributed by atoms with E-state index in [0.717, 1.165) is 18.2 Å². The predicted octanol–water partition coefficient (Wildman–Crippen LogP) is 3.59. The van der Waals surface area contributed by atoms with Gasteiger partial charge in [0.05, 0.1) is 11.5 Å². The van der Waals surface area contributed by atoms with E-state index in [1.165, 1.54) is 24.3 Å². The highest BCUT2D eigenvalue weighted by Gasteiger charge is 2.32. The van der Waals surface area contributed by atoms with Crippen LogP contribution in [0.15, 0.2) is 42.5 Å². The van der Waals surface area contributed by atoms with Crippen molar-refractivity contribution in [3.63, 3.8) is 0 Å². The number of halogens is 4. The number of anilines is 1. The minimum atomic E-state index is -4.47. The number of hydrogen-bond donors (Lipinski definition) is 2. The van der Waals surface area contributed by atoms with Gasteiger partial charge in [0.2, 0.25) is 11.8 Å². The van der Waals surface area contributed by atoms with E-state index in [0.29, 0.717) is 5.56 Å². The summed E-state index contributed by atoms with van der Waals surface area (Å²) in [4.78, 5) is 24.2. The minimum absolute atomic E-state index is 0.114. The van der Waals surface area contributed by atoms with Crippen LogP contribution in [0.4, 0.5) is 23.2 Å². The fraction of sp³-hybridized carbons (Fsp3) is 0.222. The van der Waals surface area contributed by atoms with E-state index in [4.69, 9.17) is 0 Å². The first-order valence-corrected chi connectivity index (χ1v) is 7.77. The molecule has 0 spiro atoms. The molecule has 0 bridgehead atoms. The van der Waals surface area contributed by atoms with Crippen molar-refractivity contribution in [3.05, 3.63) is 65.0 Å². The van der Waals surface area contributed by atoms with E-state index in [2.05, 4.69) is 10.6 Å². The van der Waals surface area contributed by atoms with Crippen molar-refractivity contribution in [2.45, 2.75) is 25.1 Å². The first-order valence-electron chi connectivity index (χ1n) is 7.77. The molecule has 0 aromatic heterocycles. The van der Waals surface area contributed by atoms with Gasteiger partial charge in [-0.1, -0.05) is 18.2 Å². The number of hydrogen-bond acceptors (Lipinski definition) is 2. The summed E-state index contributed by atoms with van der Waals surface area (Å²) in [5, 5.41) is 5.04. The summed E-state index contributed by atoms with van der Waals surface area (Å²) in [5.41, 5.74) is 0.169. The van der Waals surface area contributed by atoms with E-state index in [1.54, 1.807) is 0 Å². The third-order valence-electron chi connectivity index (χ3n) is 4.09. The van der Waals surface area contributed by atoms with Gasteiger partial charge >= 0.3 is 6.18 Å². The molecule has 26 heavy (non-hydrogen) atoms. The Morgan fingerprint density at radius 1 is 1.19 bits per heavy atom. The highest BCUT2D eigenvalue weighted by Crippen LogP contribution is 2.33. The summed E-state index contributed by atoms with van der Waals surface area (Å²) in [5.74, 6) is -2.31. The lowest BCUT2D eigenvalue weighted by Crippen LogP contribution is -2.34. The molecule has 0 aliphatic carbocycles. The summed E-state index contributed by atoms with van der Waals surface area (Å²) in [6.45, 7) is -0.114. The predicted molar refractivity (Wildman–Crippen MR) is 85.7 cm³/mol. The molecule has 1 aliphatic heterocycles. The second-order valence-electron chi connectivity index (χ2n) is 5.95. The van der Waals surface area contributed by atoms with Crippen molar-refractivity contribution in [3.8, 4) is 0 Å². The number of nitrogens with one attached hydrogen (secondary N) is 2. The maximum absolute atomic E-state index is 13.3. The van der Waals surface area contributed by atoms with E-state index >= 15 is 0 Å². The van der Waals surface area contributed by atoms with Crippen LogP contribution in [0, 0.1) is 5.82 Å². The number of alkyl halides is 3. The first kappa shape index (κ1) is 17.9. The molecule has 1 heterocycles. The van der Waals surface area contributed by atoms with Crippen LogP contribution in [0.3, 0.4) is 0 Å². The molecule has 0 saturated carbocycles. The van der Waals surface area contributed by atoms with Crippen molar-refractivity contribution in [2.75, 3.05) is 5.32 Å². The Morgan fingerprint density at radius 3 is 2.69 bits per heavy atom. The number of carbonyl (C=O) groups is 2. The van der Waals surface area contributed by atoms with Crippen molar-refractivity contribution >= 4 is 17.5 Å². The molecule has 136 valence electrons. The number of amides is 2. The van der Waals surface area contributed by atoms with Gasteiger partial charge in [-0.15, -0.1) is 0 Å². The van der Waals surface area contributed by atoms with E-state index < -0.39 is 35.3 Å². The average Bonchev–Trinajstić information content (AvgIpc) is 2.58. The van der Waals surface area contributed by atoms with Gasteiger partial charge in [-0.05, 0) is 35.4 Å². The average molecular weight is 366 g/mol. The molecule has 4 nitrogen and oxygen atoms in total. The normalized spacial score (nSPS) is 16.6. The zero-order valence-corrected chi connectivity index (χ0v) is 13.4. The molecule has 2 N–H and O–H groups in total. The second kappa shape index (κ2) is 6.78. The van der Waals surface area contributed by atoms with E-state index in [9.17, 15) is 27.2 Å². The fourth-order valence-corrected chi connectivity index (χ4v) is 2.84. The highest BCUT2D eigenvalue weighted by molar-refractivity contribution is 6.01. The molecular formula is C18H14F4N2O2. The van der Waals surface area contributed by atoms with Crippen molar-refractivity contribution in [2.24, 2.45) is 0 Å². The van der Waals surface area contributed by atoms with Gasteiger partial charge in [0.15, 0.2) is 0 Å². The maximum atomic E-state index is 13.3. The van der Waals surface area contributed by atoms with Crippen LogP contribution >= 0.6 is 0 Å². The quantitative estimate of drug-likeness (QED) is 0.816. The third kappa shape index (κ3) is 3.84. The van der Waals surface area contributed by atoms with Crippen LogP contribution in [0.5, 0.6) is 0 Å². The van der Waals surface area contributed by atoms with Crippen LogP contribution in [0.2, 0.25) is 0 Å². The zero-order chi connectivity index (χ0) is 18.9. The summed E-state index contributed by atoms with van der Waals surface area (Å²) in [7, 11) is 0. The summed E-state index contributed by atoms with van der Waals surface area (Å²) in [6, 6.07) is 8.35. The van der Waals surface area contributed by atoms with Gasteiger partial charge in [-0.25, -0.2) is 4.39 Å². The van der Waals surface area contributed by atoms with E-state index in [1.807, 2.05) is 0 Å². The number of carbonyl (C=O) groups excluding carboxylic acids is 2. The topological polar surface area (TPSA) is 58.2 Å². The Morgan fingerprint density at radius 2 is 1.96 bits per heavy atom. The molecule has 1 atom stereocenters. The van der Waals surface area contributed by atoms with Gasteiger partial charge < -0.3 is 10.6 Å². The molecule has 8 heteroatoms. The summed E-state index contributed by atoms with van der Waals surface area (Å²) >= 11 is 0. The number of benzene rings is 2. The first-order chi connectivity index (χ1) is 12.2. The van der Waals surface area contributed by atoms with Crippen molar-refractivity contribution < 1.29 is 27.2 Å². The largest absolute Gasteiger partial charge is 0.416 e. The molecule has 0 fully saturated rings. The molecular weight excluding hydrogens is 352 g/mol. The lowest BCUT2D eigenvalue weighted by atomic mass is 9.89. The van der Waals surface area contributed by atoms with Crippen LogP contribution in [-0.2, 0) is 22.3 Å². The fourth-order valence-electron chi connectivity index (χ4n) is 2.84. The molecule has 2 aromatic carbocycles. The van der Waals surface area contributed by atoms with Crippen LogP contribution in [0.1, 0.15) is 29.0 Å². The SMILES string of the molecule is O=C1CC(C(=O)NCc2cccc(C(F)(F)F)c2)c2ccc(F)cc2N1. The number of fused-ring (bicyclic) bond motifs is 1. The van der Waals surface area contributed by atoms with Gasteiger partial charge in [-0.2, -0.15) is 13.2 Å². The van der Waals surface area contributed by atoms with Crippen molar-refractivity contribution in [1.29, 1.82) is 0 Å². The molecule has 1 aliphatic rings. The molecule has 2 aromatic rings. The highest BCUT2D eigenvalue weighted by atomic mass is 19.4. The van der Waals surface area contributed by atoms with Crippen LogP contribution in [-0.4, -0.2) is 11.8 Å². The molecule has 1 unspecified atom stereocenters. The Bertz CT molecular complexity index is 865. The molecule has 0 radical (unpaired) electrons. The van der Waals surface area contributed by atoms with Gasteiger partial charge in [0, 0.05) is 18.7 Å². The van der Waals surface area contributed by atoms with Gasteiger partial charge in [-0.3, -0.25) is 9.59 Å².